The summed E-state index contributed by atoms with van der Waals surface area (Å²) in [4.78, 5) is 37.7. The van der Waals surface area contributed by atoms with Gasteiger partial charge in [-0.25, -0.2) is 5.48 Å². The molecule has 7 heteroatoms. The van der Waals surface area contributed by atoms with E-state index in [1.54, 1.807) is 6.07 Å². The molecule has 0 aromatic heterocycles. The number of carbonyl (C=O) groups excluding carboxylic acids is 3. The number of amides is 3. The standard InChI is InChI=1S/C20H16N2O5/c1-12(23)17(18(24)21-27)22-19(25)15-10-9-14(11-16(15)20(22)26)8-7-13-5-3-2-4-6-13/h2-6,9-12,17,23,27H,1H3,(H,21,24). The van der Waals surface area contributed by atoms with Gasteiger partial charge in [-0.2, -0.15) is 0 Å². The Morgan fingerprint density at radius 1 is 1.00 bits per heavy atom. The molecule has 0 fully saturated rings. The maximum Gasteiger partial charge on any atom is 0.269 e. The number of fused-ring (bicyclic) bond motifs is 1. The summed E-state index contributed by atoms with van der Waals surface area (Å²) in [6.07, 6.45) is -1.36. The zero-order valence-corrected chi connectivity index (χ0v) is 14.3. The molecule has 3 rings (SSSR count). The van der Waals surface area contributed by atoms with Crippen molar-refractivity contribution in [3.8, 4) is 11.8 Å². The van der Waals surface area contributed by atoms with Crippen molar-refractivity contribution in [3.05, 3.63) is 70.8 Å². The normalized spacial score (nSPS) is 14.9. The molecule has 7 nitrogen and oxygen atoms in total. The number of aliphatic hydroxyl groups is 1. The van der Waals surface area contributed by atoms with Gasteiger partial charge >= 0.3 is 0 Å². The zero-order chi connectivity index (χ0) is 19.6. The first-order chi connectivity index (χ1) is 12.9. The molecule has 27 heavy (non-hydrogen) atoms. The molecule has 3 N–H and O–H groups in total. The van der Waals surface area contributed by atoms with Crippen LogP contribution in [0.2, 0.25) is 0 Å². The van der Waals surface area contributed by atoms with Crippen molar-refractivity contribution >= 4 is 17.7 Å². The molecule has 0 spiro atoms. The third kappa shape index (κ3) is 3.44. The summed E-state index contributed by atoms with van der Waals surface area (Å²) >= 11 is 0. The van der Waals surface area contributed by atoms with Gasteiger partial charge in [0, 0.05) is 11.1 Å². The van der Waals surface area contributed by atoms with E-state index in [1.807, 2.05) is 30.3 Å². The number of hydrogen-bond donors (Lipinski definition) is 3. The molecule has 1 heterocycles. The van der Waals surface area contributed by atoms with Crippen LogP contribution in [0.4, 0.5) is 0 Å². The fourth-order valence-electron chi connectivity index (χ4n) is 2.87. The minimum atomic E-state index is -1.54. The van der Waals surface area contributed by atoms with Gasteiger partial charge in [0.15, 0.2) is 0 Å². The maximum atomic E-state index is 12.7. The van der Waals surface area contributed by atoms with Crippen LogP contribution in [0.25, 0.3) is 0 Å². The van der Waals surface area contributed by atoms with E-state index in [-0.39, 0.29) is 11.1 Å². The van der Waals surface area contributed by atoms with Crippen molar-refractivity contribution < 1.29 is 24.7 Å². The lowest BCUT2D eigenvalue weighted by molar-refractivity contribution is -0.136. The Morgan fingerprint density at radius 3 is 2.26 bits per heavy atom. The van der Waals surface area contributed by atoms with Crippen LogP contribution in [0.3, 0.4) is 0 Å². The number of nitrogens with one attached hydrogen (secondary N) is 1. The zero-order valence-electron chi connectivity index (χ0n) is 14.3. The van der Waals surface area contributed by atoms with Gasteiger partial charge in [0.05, 0.1) is 17.2 Å². The predicted octanol–water partition coefficient (Wildman–Crippen LogP) is 0.937. The molecule has 2 atom stereocenters. The molecular weight excluding hydrogens is 348 g/mol. The average molecular weight is 364 g/mol. The molecule has 3 amide bonds. The molecular formula is C20H16N2O5. The summed E-state index contributed by atoms with van der Waals surface area (Å²) in [7, 11) is 0. The van der Waals surface area contributed by atoms with E-state index in [0.717, 1.165) is 5.56 Å². The lowest BCUT2D eigenvalue weighted by atomic mass is 10.1. The van der Waals surface area contributed by atoms with E-state index in [9.17, 15) is 19.5 Å². The van der Waals surface area contributed by atoms with Crippen LogP contribution in [0.15, 0.2) is 48.5 Å². The first kappa shape index (κ1) is 18.3. The molecule has 136 valence electrons. The number of aliphatic hydroxyl groups excluding tert-OH is 1. The Kier molecular flexibility index (Phi) is 5.03. The van der Waals surface area contributed by atoms with Gasteiger partial charge in [0.25, 0.3) is 17.7 Å². The van der Waals surface area contributed by atoms with Crippen LogP contribution in [-0.4, -0.2) is 45.1 Å². The van der Waals surface area contributed by atoms with E-state index >= 15 is 0 Å². The van der Waals surface area contributed by atoms with E-state index in [0.29, 0.717) is 10.5 Å². The number of carbonyl (C=O) groups is 3. The van der Waals surface area contributed by atoms with Crippen molar-refractivity contribution in [3.63, 3.8) is 0 Å². The first-order valence-electron chi connectivity index (χ1n) is 8.15. The van der Waals surface area contributed by atoms with E-state index in [4.69, 9.17) is 5.21 Å². The highest BCUT2D eigenvalue weighted by molar-refractivity contribution is 6.23. The second-order valence-corrected chi connectivity index (χ2v) is 6.02. The Morgan fingerprint density at radius 2 is 1.63 bits per heavy atom. The van der Waals surface area contributed by atoms with Gasteiger partial charge < -0.3 is 5.11 Å². The Bertz CT molecular complexity index is 973. The van der Waals surface area contributed by atoms with Crippen LogP contribution < -0.4 is 5.48 Å². The van der Waals surface area contributed by atoms with Crippen molar-refractivity contribution in [2.75, 3.05) is 0 Å². The predicted molar refractivity (Wildman–Crippen MR) is 94.8 cm³/mol. The molecule has 2 aromatic rings. The third-order valence-corrected chi connectivity index (χ3v) is 4.16. The number of benzene rings is 2. The van der Waals surface area contributed by atoms with Gasteiger partial charge in [-0.15, -0.1) is 0 Å². The van der Waals surface area contributed by atoms with Crippen molar-refractivity contribution in [1.29, 1.82) is 0 Å². The Labute approximate surface area is 155 Å². The summed E-state index contributed by atoms with van der Waals surface area (Å²) in [6.45, 7) is 1.25. The average Bonchev–Trinajstić information content (AvgIpc) is 2.91. The van der Waals surface area contributed by atoms with Crippen LogP contribution in [0.1, 0.15) is 38.8 Å². The maximum absolute atomic E-state index is 12.7. The number of hydroxylamine groups is 1. The summed E-state index contributed by atoms with van der Waals surface area (Å²) < 4.78 is 0. The van der Waals surface area contributed by atoms with Crippen LogP contribution in [-0.2, 0) is 4.79 Å². The highest BCUT2D eigenvalue weighted by Crippen LogP contribution is 2.27. The molecule has 0 aliphatic carbocycles. The quantitative estimate of drug-likeness (QED) is 0.325. The Hall–Kier alpha value is -3.47. The molecule has 2 unspecified atom stereocenters. The molecule has 0 saturated carbocycles. The van der Waals surface area contributed by atoms with Crippen LogP contribution >= 0.6 is 0 Å². The first-order valence-corrected chi connectivity index (χ1v) is 8.15. The highest BCUT2D eigenvalue weighted by Gasteiger charge is 2.44. The Balaban J connectivity index is 1.95. The monoisotopic (exact) mass is 364 g/mol. The van der Waals surface area contributed by atoms with Crippen LogP contribution in [0, 0.1) is 11.8 Å². The fraction of sp³-hybridized carbons (Fsp3) is 0.150. The summed E-state index contributed by atoms with van der Waals surface area (Å²) in [5.41, 5.74) is 2.91. The summed E-state index contributed by atoms with van der Waals surface area (Å²) in [5.74, 6) is 3.39. The molecule has 1 aliphatic rings. The number of rotatable bonds is 3. The van der Waals surface area contributed by atoms with Crippen molar-refractivity contribution in [1.82, 2.24) is 10.4 Å². The summed E-state index contributed by atoms with van der Waals surface area (Å²) in [5, 5.41) is 18.7. The topological polar surface area (TPSA) is 107 Å². The summed E-state index contributed by atoms with van der Waals surface area (Å²) in [6, 6.07) is 12.3. The lowest BCUT2D eigenvalue weighted by Gasteiger charge is -2.26. The van der Waals surface area contributed by atoms with E-state index < -0.39 is 29.9 Å². The molecule has 0 saturated heterocycles. The van der Waals surface area contributed by atoms with Gasteiger partial charge in [0.1, 0.15) is 6.04 Å². The second-order valence-electron chi connectivity index (χ2n) is 6.02. The van der Waals surface area contributed by atoms with Crippen molar-refractivity contribution in [2.24, 2.45) is 0 Å². The van der Waals surface area contributed by atoms with Crippen LogP contribution in [0.5, 0.6) is 0 Å². The van der Waals surface area contributed by atoms with Gasteiger partial charge in [0.2, 0.25) is 0 Å². The molecule has 2 aromatic carbocycles. The second kappa shape index (κ2) is 7.41. The molecule has 1 aliphatic heterocycles. The number of nitrogens with zero attached hydrogens (tertiary/aromatic N) is 1. The number of hydrogen-bond acceptors (Lipinski definition) is 5. The van der Waals surface area contributed by atoms with E-state index in [2.05, 4.69) is 11.8 Å². The highest BCUT2D eigenvalue weighted by atomic mass is 16.5. The van der Waals surface area contributed by atoms with Gasteiger partial charge in [-0.1, -0.05) is 30.0 Å². The lowest BCUT2D eigenvalue weighted by Crippen LogP contribution is -2.54. The minimum Gasteiger partial charge on any atom is -0.391 e. The number of imide groups is 1. The van der Waals surface area contributed by atoms with Gasteiger partial charge in [-0.3, -0.25) is 24.5 Å². The SMILES string of the molecule is CC(O)C(C(=O)NO)N1C(=O)c2ccc(C#Cc3ccccc3)cc2C1=O. The fourth-order valence-corrected chi connectivity index (χ4v) is 2.87. The minimum absolute atomic E-state index is 0.0938. The smallest absolute Gasteiger partial charge is 0.269 e. The van der Waals surface area contributed by atoms with E-state index in [1.165, 1.54) is 24.5 Å². The molecule has 0 bridgehead atoms. The van der Waals surface area contributed by atoms with Gasteiger partial charge in [-0.05, 0) is 37.3 Å². The molecule has 0 radical (unpaired) electrons. The third-order valence-electron chi connectivity index (χ3n) is 4.16. The largest absolute Gasteiger partial charge is 0.391 e. The van der Waals surface area contributed by atoms with Crippen molar-refractivity contribution in [2.45, 2.75) is 19.1 Å².